The second-order valence-corrected chi connectivity index (χ2v) is 7.33. The number of nitrogens with zero attached hydrogens (tertiary/aromatic N) is 4. The summed E-state index contributed by atoms with van der Waals surface area (Å²) < 4.78 is 7.70. The number of carbonyl (C=O) groups is 1. The molecule has 0 fully saturated rings. The van der Waals surface area contributed by atoms with Gasteiger partial charge in [0.15, 0.2) is 0 Å². The molecular weight excluding hydrogens is 436 g/mol. The molecule has 4 aromatic rings. The second-order valence-electron chi connectivity index (χ2n) is 6.92. The van der Waals surface area contributed by atoms with Gasteiger partial charge >= 0.3 is 0 Å². The topological polar surface area (TPSA) is 138 Å². The summed E-state index contributed by atoms with van der Waals surface area (Å²) in [5.41, 5.74) is 7.49. The van der Waals surface area contributed by atoms with E-state index in [0.29, 0.717) is 34.3 Å². The number of pyridine rings is 1. The molecule has 1 amide bonds. The molecule has 0 aliphatic rings. The van der Waals surface area contributed by atoms with Crippen LogP contribution in [-0.4, -0.2) is 25.4 Å². The van der Waals surface area contributed by atoms with Crippen molar-refractivity contribution in [3.05, 3.63) is 75.6 Å². The Morgan fingerprint density at radius 2 is 2.00 bits per heavy atom. The molecular formula is C21H17ClN6O4. The standard InChI is InChI=1S/C21H17ClN6O4/c1-27-18-5-3-14(32-15-6-7-24-13(8-15)10-20(23)29)11-17(18)26-21(27)25-12-2-4-16(22)19(9-12)28(30)31/h2-9,11H,10H2,1H3,(H2,23,29)(H,25,26). The Balaban J connectivity index is 1.59. The van der Waals surface area contributed by atoms with Crippen molar-refractivity contribution < 1.29 is 14.5 Å². The first-order valence-corrected chi connectivity index (χ1v) is 9.76. The van der Waals surface area contributed by atoms with Crippen molar-refractivity contribution >= 4 is 45.9 Å². The number of nitro benzene ring substituents is 1. The number of imidazole rings is 1. The van der Waals surface area contributed by atoms with E-state index in [1.54, 1.807) is 36.5 Å². The van der Waals surface area contributed by atoms with E-state index in [2.05, 4.69) is 15.3 Å². The number of rotatable bonds is 7. The molecule has 0 spiro atoms. The monoisotopic (exact) mass is 452 g/mol. The summed E-state index contributed by atoms with van der Waals surface area (Å²) >= 11 is 5.88. The SMILES string of the molecule is Cn1c(Nc2ccc(Cl)c([N+](=O)[O-])c2)nc2cc(Oc3ccnc(CC(N)=O)c3)ccc21. The fourth-order valence-corrected chi connectivity index (χ4v) is 3.33. The molecule has 3 N–H and O–H groups in total. The van der Waals surface area contributed by atoms with Crippen molar-refractivity contribution in [1.29, 1.82) is 0 Å². The lowest BCUT2D eigenvalue weighted by molar-refractivity contribution is -0.384. The molecule has 11 heteroatoms. The molecule has 0 aliphatic carbocycles. The fraction of sp³-hybridized carbons (Fsp3) is 0.0952. The maximum atomic E-state index is 11.1. The number of primary amides is 1. The summed E-state index contributed by atoms with van der Waals surface area (Å²) in [5, 5.41) is 14.3. The number of carbonyl (C=O) groups excluding carboxylic acids is 1. The molecule has 2 aromatic carbocycles. The van der Waals surface area contributed by atoms with Crippen LogP contribution in [0.4, 0.5) is 17.3 Å². The predicted molar refractivity (Wildman–Crippen MR) is 119 cm³/mol. The van der Waals surface area contributed by atoms with E-state index in [-0.39, 0.29) is 17.1 Å². The lowest BCUT2D eigenvalue weighted by atomic mass is 10.2. The van der Waals surface area contributed by atoms with Gasteiger partial charge in [-0.15, -0.1) is 0 Å². The summed E-state index contributed by atoms with van der Waals surface area (Å²) in [6.45, 7) is 0. The molecule has 2 heterocycles. The highest BCUT2D eigenvalue weighted by Crippen LogP contribution is 2.31. The number of aromatic nitrogens is 3. The number of fused-ring (bicyclic) bond motifs is 1. The quantitative estimate of drug-likeness (QED) is 0.318. The zero-order chi connectivity index (χ0) is 22.8. The minimum atomic E-state index is -0.542. The van der Waals surface area contributed by atoms with Crippen LogP contribution in [0.15, 0.2) is 54.7 Å². The second kappa shape index (κ2) is 8.52. The van der Waals surface area contributed by atoms with Gasteiger partial charge in [-0.1, -0.05) is 11.6 Å². The van der Waals surface area contributed by atoms with E-state index in [1.165, 1.54) is 12.1 Å². The number of hydrogen-bond acceptors (Lipinski definition) is 7. The first-order chi connectivity index (χ1) is 15.3. The Morgan fingerprint density at radius 3 is 2.75 bits per heavy atom. The molecule has 0 unspecified atom stereocenters. The minimum Gasteiger partial charge on any atom is -0.457 e. The van der Waals surface area contributed by atoms with Gasteiger partial charge in [0.2, 0.25) is 11.9 Å². The summed E-state index contributed by atoms with van der Waals surface area (Å²) in [5.74, 6) is 1.07. The predicted octanol–water partition coefficient (Wildman–Crippen LogP) is 4.09. The summed E-state index contributed by atoms with van der Waals surface area (Å²) in [6.07, 6.45) is 1.56. The van der Waals surface area contributed by atoms with Crippen molar-refractivity contribution in [2.24, 2.45) is 12.8 Å². The number of halogens is 1. The van der Waals surface area contributed by atoms with Gasteiger partial charge < -0.3 is 20.4 Å². The number of benzene rings is 2. The van der Waals surface area contributed by atoms with Crippen LogP contribution in [0.3, 0.4) is 0 Å². The number of nitrogens with two attached hydrogens (primary N) is 1. The lowest BCUT2D eigenvalue weighted by Gasteiger charge is -2.07. The average molecular weight is 453 g/mol. The Bertz CT molecular complexity index is 1350. The van der Waals surface area contributed by atoms with Crippen LogP contribution in [0.1, 0.15) is 5.69 Å². The van der Waals surface area contributed by atoms with Gasteiger partial charge in [0.25, 0.3) is 5.69 Å². The number of amides is 1. The molecule has 0 saturated carbocycles. The van der Waals surface area contributed by atoms with Crippen LogP contribution >= 0.6 is 11.6 Å². The fourth-order valence-electron chi connectivity index (χ4n) is 3.15. The van der Waals surface area contributed by atoms with Gasteiger partial charge in [-0.3, -0.25) is 19.9 Å². The number of nitro groups is 1. The van der Waals surface area contributed by atoms with Gasteiger partial charge in [0.1, 0.15) is 16.5 Å². The van der Waals surface area contributed by atoms with E-state index in [0.717, 1.165) is 5.52 Å². The number of aryl methyl sites for hydroxylation is 1. The van der Waals surface area contributed by atoms with Crippen LogP contribution in [-0.2, 0) is 18.3 Å². The highest BCUT2D eigenvalue weighted by Gasteiger charge is 2.15. The first kappa shape index (κ1) is 21.1. The minimum absolute atomic E-state index is 0.0222. The van der Waals surface area contributed by atoms with Crippen LogP contribution in [0, 0.1) is 10.1 Å². The Kier molecular flexibility index (Phi) is 5.61. The molecule has 0 saturated heterocycles. The zero-order valence-electron chi connectivity index (χ0n) is 16.8. The van der Waals surface area contributed by atoms with Crippen molar-refractivity contribution in [2.75, 3.05) is 5.32 Å². The number of anilines is 2. The van der Waals surface area contributed by atoms with Crippen molar-refractivity contribution in [1.82, 2.24) is 14.5 Å². The van der Waals surface area contributed by atoms with Crippen LogP contribution in [0.2, 0.25) is 5.02 Å². The zero-order valence-corrected chi connectivity index (χ0v) is 17.5. The molecule has 4 rings (SSSR count). The van der Waals surface area contributed by atoms with E-state index in [9.17, 15) is 14.9 Å². The molecule has 32 heavy (non-hydrogen) atoms. The maximum Gasteiger partial charge on any atom is 0.289 e. The lowest BCUT2D eigenvalue weighted by Crippen LogP contribution is -2.14. The largest absolute Gasteiger partial charge is 0.457 e. The Hall–Kier alpha value is -4.18. The first-order valence-electron chi connectivity index (χ1n) is 9.38. The summed E-state index contributed by atoms with van der Waals surface area (Å²) in [4.78, 5) is 30.3. The maximum absolute atomic E-state index is 11.1. The number of ether oxygens (including phenoxy) is 1. The third kappa shape index (κ3) is 4.44. The molecule has 2 aromatic heterocycles. The van der Waals surface area contributed by atoms with Crippen molar-refractivity contribution in [3.8, 4) is 11.5 Å². The van der Waals surface area contributed by atoms with Crippen LogP contribution < -0.4 is 15.8 Å². The molecule has 162 valence electrons. The molecule has 0 radical (unpaired) electrons. The van der Waals surface area contributed by atoms with Gasteiger partial charge in [0.05, 0.1) is 28.1 Å². The molecule has 0 aliphatic heterocycles. The average Bonchev–Trinajstić information content (AvgIpc) is 3.03. The van der Waals surface area contributed by atoms with Gasteiger partial charge in [-0.05, 0) is 30.3 Å². The van der Waals surface area contributed by atoms with Gasteiger partial charge in [0, 0.05) is 37.1 Å². The third-order valence-corrected chi connectivity index (χ3v) is 4.95. The summed E-state index contributed by atoms with van der Waals surface area (Å²) in [6, 6.07) is 13.2. The Labute approximate surface area is 186 Å². The molecule has 0 atom stereocenters. The van der Waals surface area contributed by atoms with E-state index < -0.39 is 10.8 Å². The number of hydrogen-bond donors (Lipinski definition) is 2. The van der Waals surface area contributed by atoms with Crippen molar-refractivity contribution in [3.63, 3.8) is 0 Å². The normalized spacial score (nSPS) is 10.8. The highest BCUT2D eigenvalue weighted by molar-refractivity contribution is 6.32. The smallest absolute Gasteiger partial charge is 0.289 e. The van der Waals surface area contributed by atoms with Crippen LogP contribution in [0.5, 0.6) is 11.5 Å². The number of nitrogens with one attached hydrogen (secondary N) is 1. The highest BCUT2D eigenvalue weighted by atomic mass is 35.5. The third-order valence-electron chi connectivity index (χ3n) is 4.63. The summed E-state index contributed by atoms with van der Waals surface area (Å²) in [7, 11) is 1.82. The van der Waals surface area contributed by atoms with Gasteiger partial charge in [-0.2, -0.15) is 0 Å². The van der Waals surface area contributed by atoms with E-state index in [1.807, 2.05) is 17.7 Å². The van der Waals surface area contributed by atoms with Gasteiger partial charge in [-0.25, -0.2) is 4.98 Å². The van der Waals surface area contributed by atoms with Crippen LogP contribution in [0.25, 0.3) is 11.0 Å². The Morgan fingerprint density at radius 1 is 1.22 bits per heavy atom. The van der Waals surface area contributed by atoms with E-state index in [4.69, 9.17) is 22.1 Å². The molecule has 0 bridgehead atoms. The molecule has 10 nitrogen and oxygen atoms in total. The van der Waals surface area contributed by atoms with E-state index >= 15 is 0 Å². The van der Waals surface area contributed by atoms with Crippen molar-refractivity contribution in [2.45, 2.75) is 6.42 Å².